The van der Waals surface area contributed by atoms with E-state index in [9.17, 15) is 0 Å². The number of hydrogen-bond acceptors (Lipinski definition) is 4. The Morgan fingerprint density at radius 3 is 1.54 bits per heavy atom. The molecule has 70 heavy (non-hydrogen) atoms. The number of rotatable bonds is 6. The molecule has 0 bridgehead atoms. The summed E-state index contributed by atoms with van der Waals surface area (Å²) in [4.78, 5) is 15.9. The predicted molar refractivity (Wildman–Crippen MR) is 286 cm³/mol. The van der Waals surface area contributed by atoms with Crippen molar-refractivity contribution in [2.45, 2.75) is 0 Å². The van der Waals surface area contributed by atoms with Crippen molar-refractivity contribution in [3.05, 3.63) is 231 Å². The third-order valence-corrected chi connectivity index (χ3v) is 14.1. The second kappa shape index (κ2) is 15.0. The second-order valence-electron chi connectivity index (χ2n) is 18.0. The second-order valence-corrected chi connectivity index (χ2v) is 18.0. The number of hydrogen-bond donors (Lipinski definition) is 0. The largest absolute Gasteiger partial charge is 0.456 e. The van der Waals surface area contributed by atoms with Crippen LogP contribution in [-0.2, 0) is 0 Å². The van der Waals surface area contributed by atoms with Gasteiger partial charge in [-0.15, -0.1) is 0 Å². The quantitative estimate of drug-likeness (QED) is 0.167. The zero-order valence-corrected chi connectivity index (χ0v) is 37.5. The molecule has 0 N–H and O–H groups in total. The SMILES string of the molecule is c1ccc(-c2cccc3oc4cc(-c5nc(-c6ccc(-n7c8ccccc8c8c7ccc7c9ccccc9n(-c9ccccc9)c78)cc6)nc(-n6c7ccccc7c7ccccc76)n5)ccc4c23)cc1. The molecule has 0 radical (unpaired) electrons. The van der Waals surface area contributed by atoms with Crippen molar-refractivity contribution in [1.29, 1.82) is 0 Å². The summed E-state index contributed by atoms with van der Waals surface area (Å²) in [6.07, 6.45) is 0. The van der Waals surface area contributed by atoms with E-state index in [2.05, 4.69) is 232 Å². The van der Waals surface area contributed by atoms with Crippen LogP contribution in [0.5, 0.6) is 0 Å². The number of fused-ring (bicyclic) bond motifs is 13. The molecule has 0 unspecified atom stereocenters. The van der Waals surface area contributed by atoms with E-state index in [0.717, 1.165) is 88.4 Å². The first kappa shape index (κ1) is 38.5. The Morgan fingerprint density at radius 1 is 0.300 bits per heavy atom. The Balaban J connectivity index is 0.919. The standard InChI is InChI=1S/C63H38N6O/c1-3-16-39(17-4-1)44-24-15-29-56-58(44)50-35-32-41(38-57(50)70-56)62-64-61(65-63(66-62)69-52-26-12-7-20-45(52)46-21-8-13-27-53(46)69)40-30-33-43(34-31-40)67-54-28-14-10-23-49(54)59-55(67)37-36-48-47-22-9-11-25-51(47)68(60(48)59)42-18-5-2-6-19-42/h1-38H. The van der Waals surface area contributed by atoms with Crippen molar-refractivity contribution < 1.29 is 4.42 Å². The molecule has 0 aliphatic heterocycles. The zero-order chi connectivity index (χ0) is 45.9. The fraction of sp³-hybridized carbons (Fsp3) is 0. The van der Waals surface area contributed by atoms with Crippen LogP contribution in [0.2, 0.25) is 0 Å². The summed E-state index contributed by atoms with van der Waals surface area (Å²) in [6.45, 7) is 0. The van der Waals surface area contributed by atoms with E-state index in [0.29, 0.717) is 17.6 Å². The summed E-state index contributed by atoms with van der Waals surface area (Å²) in [7, 11) is 0. The number of nitrogens with zero attached hydrogens (tertiary/aromatic N) is 6. The molecule has 326 valence electrons. The predicted octanol–water partition coefficient (Wildman–Crippen LogP) is 16.1. The van der Waals surface area contributed by atoms with Crippen LogP contribution in [0.4, 0.5) is 0 Å². The Kier molecular flexibility index (Phi) is 8.23. The highest BCUT2D eigenvalue weighted by atomic mass is 16.3. The first-order valence-electron chi connectivity index (χ1n) is 23.6. The van der Waals surface area contributed by atoms with E-state index >= 15 is 0 Å². The van der Waals surface area contributed by atoms with E-state index in [-0.39, 0.29) is 0 Å². The van der Waals surface area contributed by atoms with Gasteiger partial charge in [0.15, 0.2) is 11.6 Å². The van der Waals surface area contributed by atoms with Crippen molar-refractivity contribution in [3.8, 4) is 51.2 Å². The highest BCUT2D eigenvalue weighted by Gasteiger charge is 2.23. The molecular formula is C63H38N6O. The van der Waals surface area contributed by atoms with E-state index in [1.165, 1.54) is 32.6 Å². The molecule has 0 amide bonds. The fourth-order valence-electron chi connectivity index (χ4n) is 11.1. The summed E-state index contributed by atoms with van der Waals surface area (Å²) >= 11 is 0. The van der Waals surface area contributed by atoms with Crippen molar-refractivity contribution >= 4 is 87.4 Å². The summed E-state index contributed by atoms with van der Waals surface area (Å²) in [5, 5.41) is 9.27. The Labute approximate surface area is 400 Å². The van der Waals surface area contributed by atoms with Crippen molar-refractivity contribution in [1.82, 2.24) is 28.7 Å². The molecule has 0 saturated carbocycles. The van der Waals surface area contributed by atoms with Crippen molar-refractivity contribution in [2.24, 2.45) is 0 Å². The highest BCUT2D eigenvalue weighted by Crippen LogP contribution is 2.43. The van der Waals surface area contributed by atoms with Gasteiger partial charge in [-0.1, -0.05) is 146 Å². The summed E-state index contributed by atoms with van der Waals surface area (Å²) in [6, 6.07) is 81.3. The van der Waals surface area contributed by atoms with Gasteiger partial charge in [-0.2, -0.15) is 9.97 Å². The van der Waals surface area contributed by atoms with Gasteiger partial charge in [-0.25, -0.2) is 4.98 Å². The topological polar surface area (TPSA) is 66.6 Å². The molecule has 5 aromatic heterocycles. The lowest BCUT2D eigenvalue weighted by atomic mass is 9.99. The smallest absolute Gasteiger partial charge is 0.238 e. The van der Waals surface area contributed by atoms with Gasteiger partial charge in [0.05, 0.1) is 33.1 Å². The first-order valence-corrected chi connectivity index (χ1v) is 23.6. The number of para-hydroxylation sites is 5. The Morgan fingerprint density at radius 2 is 0.843 bits per heavy atom. The molecule has 0 spiro atoms. The van der Waals surface area contributed by atoms with Gasteiger partial charge in [0.25, 0.3) is 0 Å². The highest BCUT2D eigenvalue weighted by molar-refractivity contribution is 6.26. The molecule has 0 fully saturated rings. The minimum atomic E-state index is 0.540. The van der Waals surface area contributed by atoms with E-state index in [1.54, 1.807) is 0 Å². The maximum atomic E-state index is 6.61. The molecule has 0 aliphatic carbocycles. The minimum Gasteiger partial charge on any atom is -0.456 e. The van der Waals surface area contributed by atoms with E-state index in [4.69, 9.17) is 19.4 Å². The fourth-order valence-corrected chi connectivity index (χ4v) is 11.1. The Bertz CT molecular complexity index is 4530. The van der Waals surface area contributed by atoms with Gasteiger partial charge in [0.2, 0.25) is 5.95 Å². The average molecular weight is 895 g/mol. The van der Waals surface area contributed by atoms with Crippen LogP contribution in [0.1, 0.15) is 0 Å². The maximum absolute atomic E-state index is 6.61. The average Bonchev–Trinajstić information content (AvgIpc) is 4.17. The van der Waals surface area contributed by atoms with Gasteiger partial charge < -0.3 is 13.6 Å². The third-order valence-electron chi connectivity index (χ3n) is 14.1. The van der Waals surface area contributed by atoms with Crippen LogP contribution in [0.15, 0.2) is 235 Å². The van der Waals surface area contributed by atoms with Crippen LogP contribution in [-0.4, -0.2) is 28.7 Å². The van der Waals surface area contributed by atoms with Crippen LogP contribution in [0, 0.1) is 0 Å². The lowest BCUT2D eigenvalue weighted by Gasteiger charge is -2.12. The summed E-state index contributed by atoms with van der Waals surface area (Å²) in [5.74, 6) is 1.66. The number of benzene rings is 10. The molecule has 7 heteroatoms. The maximum Gasteiger partial charge on any atom is 0.238 e. The molecule has 5 heterocycles. The van der Waals surface area contributed by atoms with Crippen LogP contribution in [0.3, 0.4) is 0 Å². The molecule has 10 aromatic carbocycles. The van der Waals surface area contributed by atoms with E-state index in [1.807, 2.05) is 12.1 Å². The monoisotopic (exact) mass is 894 g/mol. The molecule has 7 nitrogen and oxygen atoms in total. The van der Waals surface area contributed by atoms with Gasteiger partial charge in [0, 0.05) is 65.6 Å². The van der Waals surface area contributed by atoms with Gasteiger partial charge >= 0.3 is 0 Å². The van der Waals surface area contributed by atoms with Crippen molar-refractivity contribution in [3.63, 3.8) is 0 Å². The molecule has 0 aliphatic rings. The Hall–Kier alpha value is -9.59. The van der Waals surface area contributed by atoms with Crippen LogP contribution < -0.4 is 0 Å². The van der Waals surface area contributed by atoms with Crippen LogP contribution in [0.25, 0.3) is 139 Å². The normalized spacial score (nSPS) is 12.0. The summed E-state index contributed by atoms with van der Waals surface area (Å²) < 4.78 is 13.6. The third kappa shape index (κ3) is 5.66. The van der Waals surface area contributed by atoms with E-state index < -0.39 is 0 Å². The molecular weight excluding hydrogens is 857 g/mol. The van der Waals surface area contributed by atoms with Crippen LogP contribution >= 0.6 is 0 Å². The summed E-state index contributed by atoms with van der Waals surface area (Å²) in [5.41, 5.74) is 14.5. The molecule has 15 aromatic rings. The lowest BCUT2D eigenvalue weighted by molar-refractivity contribution is 0.669. The molecule has 0 atom stereocenters. The first-order chi connectivity index (χ1) is 34.7. The number of furan rings is 1. The minimum absolute atomic E-state index is 0.540. The van der Waals surface area contributed by atoms with Gasteiger partial charge in [-0.3, -0.25) is 4.57 Å². The molecule has 0 saturated heterocycles. The molecule has 15 rings (SSSR count). The van der Waals surface area contributed by atoms with Crippen molar-refractivity contribution in [2.75, 3.05) is 0 Å². The van der Waals surface area contributed by atoms with Gasteiger partial charge in [0.1, 0.15) is 11.2 Å². The lowest BCUT2D eigenvalue weighted by Crippen LogP contribution is -2.06. The van der Waals surface area contributed by atoms with Gasteiger partial charge in [-0.05, 0) is 96.1 Å². The zero-order valence-electron chi connectivity index (χ0n) is 37.5. The number of aromatic nitrogens is 6.